The number of benzene rings is 3. The minimum atomic E-state index is -3.88. The highest BCUT2D eigenvalue weighted by Gasteiger charge is 2.16. The fraction of sp³-hybridized carbons (Fsp3) is 0.0500. The minimum Gasteiger partial charge on any atom is -0.508 e. The van der Waals surface area contributed by atoms with Gasteiger partial charge in [-0.15, -0.1) is 0 Å². The van der Waals surface area contributed by atoms with Crippen LogP contribution in [0, 0.1) is 6.92 Å². The van der Waals surface area contributed by atoms with Crippen LogP contribution < -0.4 is 4.83 Å². The highest BCUT2D eigenvalue weighted by atomic mass is 32.2. The van der Waals surface area contributed by atoms with Crippen molar-refractivity contribution in [1.82, 2.24) is 4.83 Å². The second-order valence-corrected chi connectivity index (χ2v) is 7.60. The summed E-state index contributed by atoms with van der Waals surface area (Å²) < 4.78 is 25.1. The Morgan fingerprint density at radius 3 is 2.22 bits per heavy atom. The second-order valence-electron chi connectivity index (χ2n) is 5.94. The summed E-state index contributed by atoms with van der Waals surface area (Å²) in [6.45, 7) is 1.86. The predicted molar refractivity (Wildman–Crippen MR) is 103 cm³/mol. The monoisotopic (exact) mass is 382 g/mol. The Morgan fingerprint density at radius 2 is 1.59 bits per heavy atom. The summed E-state index contributed by atoms with van der Waals surface area (Å²) in [5.41, 5.74) is 2.05. The molecule has 0 aliphatic carbocycles. The summed E-state index contributed by atoms with van der Waals surface area (Å²) in [4.78, 5) is 2.30. The molecule has 7 heteroatoms. The first-order valence-electron chi connectivity index (χ1n) is 8.11. The molecule has 0 amide bonds. The van der Waals surface area contributed by atoms with E-state index in [2.05, 4.69) is 9.93 Å². The molecule has 0 saturated heterocycles. The van der Waals surface area contributed by atoms with Crippen LogP contribution in [-0.2, 0) is 10.0 Å². The molecule has 3 aromatic carbocycles. The van der Waals surface area contributed by atoms with E-state index >= 15 is 0 Å². The average molecular weight is 382 g/mol. The number of hydrogen-bond donors (Lipinski definition) is 3. The molecule has 0 fully saturated rings. The Morgan fingerprint density at radius 1 is 0.926 bits per heavy atom. The van der Waals surface area contributed by atoms with E-state index in [-0.39, 0.29) is 27.7 Å². The molecule has 0 radical (unpaired) electrons. The van der Waals surface area contributed by atoms with Gasteiger partial charge in [-0.1, -0.05) is 48.0 Å². The molecule has 3 aromatic rings. The summed E-state index contributed by atoms with van der Waals surface area (Å²) in [6.07, 6.45) is 0. The fourth-order valence-electron chi connectivity index (χ4n) is 2.47. The Kier molecular flexibility index (Phi) is 5.14. The lowest BCUT2D eigenvalue weighted by molar-refractivity contribution is 0.450. The molecule has 0 spiro atoms. The third-order valence-corrected chi connectivity index (χ3v) is 5.12. The molecular formula is C20H18N2O4S. The maximum Gasteiger partial charge on any atom is 0.276 e. The van der Waals surface area contributed by atoms with Crippen molar-refractivity contribution >= 4 is 15.7 Å². The lowest BCUT2D eigenvalue weighted by Gasteiger charge is -2.11. The van der Waals surface area contributed by atoms with Crippen molar-refractivity contribution in [2.45, 2.75) is 11.8 Å². The van der Waals surface area contributed by atoms with E-state index in [4.69, 9.17) is 0 Å². The lowest BCUT2D eigenvalue weighted by atomic mass is 10.0. The maximum atomic E-state index is 12.5. The van der Waals surface area contributed by atoms with Crippen molar-refractivity contribution in [3.8, 4) is 11.5 Å². The van der Waals surface area contributed by atoms with Crippen LogP contribution in [0.2, 0.25) is 0 Å². The topological polar surface area (TPSA) is 99.0 Å². The van der Waals surface area contributed by atoms with Crippen LogP contribution in [0.4, 0.5) is 0 Å². The van der Waals surface area contributed by atoms with E-state index in [9.17, 15) is 18.6 Å². The summed E-state index contributed by atoms with van der Waals surface area (Å²) in [7, 11) is -3.88. The van der Waals surface area contributed by atoms with Gasteiger partial charge in [-0.3, -0.25) is 0 Å². The van der Waals surface area contributed by atoms with E-state index in [0.29, 0.717) is 5.56 Å². The standard InChI is InChI=1S/C20H18N2O4S/c1-14-7-10-17(11-8-14)27(25,26)22-21-20(15-5-3-2-4-6-15)18-12-9-16(23)13-19(18)24/h2-13,22-24H,1H3. The molecule has 138 valence electrons. The Hall–Kier alpha value is -3.32. The molecule has 0 aliphatic heterocycles. The van der Waals surface area contributed by atoms with E-state index < -0.39 is 10.0 Å². The molecule has 3 N–H and O–H groups in total. The normalized spacial score (nSPS) is 12.0. The van der Waals surface area contributed by atoms with Gasteiger partial charge in [0, 0.05) is 17.2 Å². The SMILES string of the molecule is Cc1ccc(S(=O)(=O)NN=C(c2ccccc2)c2ccc(O)cc2O)cc1. The van der Waals surface area contributed by atoms with Gasteiger partial charge in [0.25, 0.3) is 10.0 Å². The van der Waals surface area contributed by atoms with E-state index in [1.54, 1.807) is 36.4 Å². The molecule has 3 rings (SSSR count). The van der Waals surface area contributed by atoms with Crippen molar-refractivity contribution in [1.29, 1.82) is 0 Å². The number of nitrogens with zero attached hydrogens (tertiary/aromatic N) is 1. The van der Waals surface area contributed by atoms with E-state index in [1.807, 2.05) is 13.0 Å². The number of phenolic OH excluding ortho intramolecular Hbond substituents is 2. The molecule has 0 saturated carbocycles. The van der Waals surface area contributed by atoms with E-state index in [1.165, 1.54) is 30.3 Å². The van der Waals surface area contributed by atoms with Crippen molar-refractivity contribution in [3.05, 3.63) is 89.5 Å². The van der Waals surface area contributed by atoms with Gasteiger partial charge in [0.1, 0.15) is 17.2 Å². The summed E-state index contributed by atoms with van der Waals surface area (Å²) in [5, 5.41) is 23.8. The number of hydrazone groups is 1. The van der Waals surface area contributed by atoms with Gasteiger partial charge in [-0.2, -0.15) is 18.4 Å². The molecule has 0 unspecified atom stereocenters. The molecule has 0 aromatic heterocycles. The molecule has 0 aliphatic rings. The van der Waals surface area contributed by atoms with Gasteiger partial charge in [-0.25, -0.2) is 0 Å². The Balaban J connectivity index is 2.04. The van der Waals surface area contributed by atoms with Crippen LogP contribution in [0.3, 0.4) is 0 Å². The fourth-order valence-corrected chi connectivity index (χ4v) is 3.28. The summed E-state index contributed by atoms with van der Waals surface area (Å²) in [5.74, 6) is -0.323. The van der Waals surface area contributed by atoms with Gasteiger partial charge in [-0.05, 0) is 31.2 Å². The smallest absolute Gasteiger partial charge is 0.276 e. The van der Waals surface area contributed by atoms with Crippen molar-refractivity contribution in [2.75, 3.05) is 0 Å². The summed E-state index contributed by atoms with van der Waals surface area (Å²) in [6, 6.07) is 19.3. The van der Waals surface area contributed by atoms with Gasteiger partial charge in [0.2, 0.25) is 0 Å². The molecule has 0 bridgehead atoms. The van der Waals surface area contributed by atoms with Crippen LogP contribution in [-0.4, -0.2) is 24.3 Å². The maximum absolute atomic E-state index is 12.5. The highest BCUT2D eigenvalue weighted by Crippen LogP contribution is 2.25. The zero-order chi connectivity index (χ0) is 19.4. The number of sulfonamides is 1. The number of aryl methyl sites for hydroxylation is 1. The molecule has 0 atom stereocenters. The van der Waals surface area contributed by atoms with Crippen LogP contribution >= 0.6 is 0 Å². The first-order valence-corrected chi connectivity index (χ1v) is 9.59. The number of hydrogen-bond acceptors (Lipinski definition) is 5. The number of phenols is 2. The van der Waals surface area contributed by atoms with Crippen LogP contribution in [0.15, 0.2) is 82.8 Å². The second kappa shape index (κ2) is 7.51. The van der Waals surface area contributed by atoms with Crippen LogP contribution in [0.25, 0.3) is 0 Å². The Bertz CT molecular complexity index is 1080. The molecular weight excluding hydrogens is 364 g/mol. The quantitative estimate of drug-likeness (QED) is 0.466. The van der Waals surface area contributed by atoms with Crippen molar-refractivity contribution < 1.29 is 18.6 Å². The minimum absolute atomic E-state index is 0.0826. The third kappa shape index (κ3) is 4.27. The number of aromatic hydroxyl groups is 2. The van der Waals surface area contributed by atoms with Gasteiger partial charge < -0.3 is 10.2 Å². The Labute approximate surface area is 157 Å². The highest BCUT2D eigenvalue weighted by molar-refractivity contribution is 7.89. The van der Waals surface area contributed by atoms with Gasteiger partial charge in [0.05, 0.1) is 4.90 Å². The molecule has 27 heavy (non-hydrogen) atoms. The van der Waals surface area contributed by atoms with Crippen LogP contribution in [0.1, 0.15) is 16.7 Å². The first-order chi connectivity index (χ1) is 12.9. The van der Waals surface area contributed by atoms with E-state index in [0.717, 1.165) is 5.56 Å². The van der Waals surface area contributed by atoms with Crippen molar-refractivity contribution in [3.63, 3.8) is 0 Å². The predicted octanol–water partition coefficient (Wildman–Crippen LogP) is 3.14. The van der Waals surface area contributed by atoms with Crippen molar-refractivity contribution in [2.24, 2.45) is 5.10 Å². The molecule has 6 nitrogen and oxygen atoms in total. The van der Waals surface area contributed by atoms with Gasteiger partial charge >= 0.3 is 0 Å². The largest absolute Gasteiger partial charge is 0.508 e. The molecule has 0 heterocycles. The third-order valence-electron chi connectivity index (χ3n) is 3.89. The average Bonchev–Trinajstić information content (AvgIpc) is 2.64. The van der Waals surface area contributed by atoms with Crippen LogP contribution in [0.5, 0.6) is 11.5 Å². The lowest BCUT2D eigenvalue weighted by Crippen LogP contribution is -2.21. The zero-order valence-corrected chi connectivity index (χ0v) is 15.3. The summed E-state index contributed by atoms with van der Waals surface area (Å²) >= 11 is 0. The van der Waals surface area contributed by atoms with Gasteiger partial charge in [0.15, 0.2) is 0 Å². The number of nitrogens with one attached hydrogen (secondary N) is 1. The number of rotatable bonds is 5. The first kappa shape index (κ1) is 18.5. The zero-order valence-electron chi connectivity index (χ0n) is 14.5.